The summed E-state index contributed by atoms with van der Waals surface area (Å²) in [4.78, 5) is 12.6. The van der Waals surface area contributed by atoms with E-state index < -0.39 is 5.41 Å². The molecule has 0 aromatic heterocycles. The number of hydrogen-bond donors (Lipinski definition) is 3. The molecule has 0 aliphatic rings. The molecule has 0 saturated carbocycles. The van der Waals surface area contributed by atoms with Crippen molar-refractivity contribution in [2.75, 3.05) is 84.6 Å². The van der Waals surface area contributed by atoms with Crippen LogP contribution in [0.5, 0.6) is 17.2 Å². The molecule has 49 heavy (non-hydrogen) atoms. The van der Waals surface area contributed by atoms with Gasteiger partial charge in [-0.2, -0.15) is 0 Å². The van der Waals surface area contributed by atoms with Crippen LogP contribution in [0.25, 0.3) is 0 Å². The Labute approximate surface area is 297 Å². The molecule has 0 aliphatic carbocycles. The van der Waals surface area contributed by atoms with Gasteiger partial charge in [0.25, 0.3) is 0 Å². The lowest BCUT2D eigenvalue weighted by atomic mass is 9.70. The normalized spacial score (nSPS) is 12.6. The topological polar surface area (TPSA) is 80.1 Å². The minimum atomic E-state index is -0.479. The monoisotopic (exact) mass is 677 g/mol. The van der Waals surface area contributed by atoms with Gasteiger partial charge in [-0.3, -0.25) is 0 Å². The number of nitrogens with zero attached hydrogens (tertiary/aromatic N) is 6. The molecule has 0 aliphatic heterocycles. The molecular weight excluding hydrogens is 612 g/mol. The molecule has 9 heteroatoms. The van der Waals surface area contributed by atoms with Crippen LogP contribution in [0.1, 0.15) is 63.4 Å². The lowest BCUT2D eigenvalue weighted by molar-refractivity contribution is 0.364. The Kier molecular flexibility index (Phi) is 14.1. The predicted octanol–water partition coefficient (Wildman–Crippen LogP) is 5.11. The molecule has 0 radical (unpaired) electrons. The Morgan fingerprint density at radius 1 is 0.408 bits per heavy atom. The van der Waals surface area contributed by atoms with Gasteiger partial charge in [0.1, 0.15) is 17.2 Å². The van der Waals surface area contributed by atoms with Gasteiger partial charge < -0.3 is 44.7 Å². The summed E-state index contributed by atoms with van der Waals surface area (Å²) in [5, 5.41) is 34.2. The van der Waals surface area contributed by atoms with Gasteiger partial charge in [0.05, 0.1) is 0 Å². The lowest BCUT2D eigenvalue weighted by Crippen LogP contribution is -2.27. The van der Waals surface area contributed by atoms with Gasteiger partial charge in [0, 0.05) is 78.1 Å². The highest BCUT2D eigenvalue weighted by atomic mass is 16.3. The second kappa shape index (κ2) is 17.2. The lowest BCUT2D eigenvalue weighted by Gasteiger charge is -2.34. The number of hydrogen-bond acceptors (Lipinski definition) is 9. The summed E-state index contributed by atoms with van der Waals surface area (Å²) in [6.45, 7) is 6.07. The van der Waals surface area contributed by atoms with Crippen LogP contribution >= 0.6 is 0 Å². The quantitative estimate of drug-likeness (QED) is 0.181. The van der Waals surface area contributed by atoms with Crippen molar-refractivity contribution >= 4 is 0 Å². The highest BCUT2D eigenvalue weighted by Gasteiger charge is 2.33. The molecule has 0 unspecified atom stereocenters. The first kappa shape index (κ1) is 40.3. The van der Waals surface area contributed by atoms with Crippen molar-refractivity contribution in [3.05, 3.63) is 86.5 Å². The maximum absolute atomic E-state index is 11.5. The summed E-state index contributed by atoms with van der Waals surface area (Å²) in [7, 11) is 24.3. The smallest absolute Gasteiger partial charge is 0.124 e. The number of aromatic hydroxyl groups is 3. The molecule has 0 saturated heterocycles. The predicted molar refractivity (Wildman–Crippen MR) is 203 cm³/mol. The summed E-state index contributed by atoms with van der Waals surface area (Å²) in [6, 6.07) is 13.1. The zero-order chi connectivity index (χ0) is 36.8. The van der Waals surface area contributed by atoms with Crippen LogP contribution in [-0.2, 0) is 51.1 Å². The minimum absolute atomic E-state index is 0.348. The van der Waals surface area contributed by atoms with E-state index in [9.17, 15) is 15.3 Å². The Morgan fingerprint density at radius 3 is 0.857 bits per heavy atom. The fourth-order valence-electron chi connectivity index (χ4n) is 6.75. The van der Waals surface area contributed by atoms with E-state index in [0.29, 0.717) is 56.5 Å². The largest absolute Gasteiger partial charge is 0.507 e. The maximum atomic E-state index is 11.5. The van der Waals surface area contributed by atoms with Crippen molar-refractivity contribution in [3.8, 4) is 17.2 Å². The van der Waals surface area contributed by atoms with Gasteiger partial charge in [0.15, 0.2) is 0 Å². The fourth-order valence-corrected chi connectivity index (χ4v) is 6.75. The van der Waals surface area contributed by atoms with Crippen LogP contribution in [0.4, 0.5) is 0 Å². The molecule has 0 fully saturated rings. The van der Waals surface area contributed by atoms with Crippen LogP contribution < -0.4 is 0 Å². The van der Waals surface area contributed by atoms with E-state index in [1.807, 2.05) is 84.6 Å². The van der Waals surface area contributed by atoms with E-state index in [1.54, 1.807) is 0 Å². The third-order valence-corrected chi connectivity index (χ3v) is 8.97. The maximum Gasteiger partial charge on any atom is 0.124 e. The fraction of sp³-hybridized carbons (Fsp3) is 0.550. The third-order valence-electron chi connectivity index (χ3n) is 8.97. The second-order valence-electron chi connectivity index (χ2n) is 15.8. The van der Waals surface area contributed by atoms with Gasteiger partial charge >= 0.3 is 0 Å². The number of benzene rings is 3. The molecule has 0 spiro atoms. The summed E-state index contributed by atoms with van der Waals surface area (Å²) >= 11 is 0. The van der Waals surface area contributed by atoms with E-state index in [1.165, 1.54) is 5.56 Å². The highest BCUT2D eigenvalue weighted by Crippen LogP contribution is 2.43. The Balaban J connectivity index is 2.34. The Hall–Kier alpha value is -3.18. The van der Waals surface area contributed by atoms with Crippen LogP contribution in [0, 0.1) is 0 Å². The number of phenols is 3. The first-order valence-electron chi connectivity index (χ1n) is 17.2. The van der Waals surface area contributed by atoms with Gasteiger partial charge in [-0.05, 0) is 138 Å². The van der Waals surface area contributed by atoms with Crippen molar-refractivity contribution in [3.63, 3.8) is 0 Å². The zero-order valence-electron chi connectivity index (χ0n) is 32.6. The van der Waals surface area contributed by atoms with Gasteiger partial charge in [-0.1, -0.05) is 19.1 Å². The molecule has 3 aromatic carbocycles. The SMILES string of the molecule is CN(C)Cc1cc(CCC(C)(c2cc(CN(C)C)c(O)c(CN(C)C)c2)c2cc(CN(C)C)c(O)c(CN(C)C)c2)cc(CN(C)C)c1O. The van der Waals surface area contributed by atoms with Gasteiger partial charge in [0.2, 0.25) is 0 Å². The zero-order valence-corrected chi connectivity index (χ0v) is 32.6. The number of phenolic OH excluding ortho intramolecular Hbond substituents is 3. The third kappa shape index (κ3) is 10.9. The van der Waals surface area contributed by atoms with Gasteiger partial charge in [-0.25, -0.2) is 0 Å². The average molecular weight is 677 g/mol. The van der Waals surface area contributed by atoms with E-state index >= 15 is 0 Å². The standard InChI is InChI=1S/C40H64N6O3/c1-40(35-18-31(24-43(6)7)38(48)32(19-35)25-44(8)9,36-20-33(26-45(10)11)39(49)34(21-36)27-46(12)13)15-14-28-16-29(22-41(2)3)37(47)30(17-28)23-42(4)5/h16-21,47-49H,14-15,22-27H2,1-13H3. The average Bonchev–Trinajstić information content (AvgIpc) is 2.96. The summed E-state index contributed by atoms with van der Waals surface area (Å²) in [5.74, 6) is 1.07. The van der Waals surface area contributed by atoms with E-state index in [-0.39, 0.29) is 0 Å². The van der Waals surface area contributed by atoms with Crippen molar-refractivity contribution in [1.29, 1.82) is 0 Å². The van der Waals surface area contributed by atoms with Gasteiger partial charge in [-0.15, -0.1) is 0 Å². The van der Waals surface area contributed by atoms with E-state index in [4.69, 9.17) is 0 Å². The molecule has 272 valence electrons. The van der Waals surface area contributed by atoms with Crippen LogP contribution in [0.3, 0.4) is 0 Å². The summed E-state index contributed by atoms with van der Waals surface area (Å²) in [6.07, 6.45) is 1.55. The van der Waals surface area contributed by atoms with Crippen molar-refractivity contribution in [2.45, 2.75) is 64.4 Å². The minimum Gasteiger partial charge on any atom is -0.507 e. The highest BCUT2D eigenvalue weighted by molar-refractivity contribution is 5.53. The first-order valence-corrected chi connectivity index (χ1v) is 17.2. The molecule has 3 rings (SSSR count). The van der Waals surface area contributed by atoms with Crippen molar-refractivity contribution in [1.82, 2.24) is 29.4 Å². The molecule has 0 amide bonds. The van der Waals surface area contributed by atoms with Crippen LogP contribution in [0.2, 0.25) is 0 Å². The molecule has 0 bridgehead atoms. The molecule has 3 N–H and O–H groups in total. The first-order chi connectivity index (χ1) is 22.8. The summed E-state index contributed by atoms with van der Waals surface area (Å²) < 4.78 is 0. The Morgan fingerprint density at radius 2 is 0.633 bits per heavy atom. The summed E-state index contributed by atoms with van der Waals surface area (Å²) in [5.41, 5.74) is 8.43. The van der Waals surface area contributed by atoms with E-state index in [2.05, 4.69) is 72.7 Å². The Bertz CT molecular complexity index is 1380. The molecule has 3 aromatic rings. The molecule has 0 heterocycles. The van der Waals surface area contributed by atoms with Crippen LogP contribution in [0.15, 0.2) is 36.4 Å². The van der Waals surface area contributed by atoms with E-state index in [0.717, 1.165) is 57.3 Å². The molecule has 9 nitrogen and oxygen atoms in total. The number of rotatable bonds is 17. The molecule has 0 atom stereocenters. The van der Waals surface area contributed by atoms with Crippen LogP contribution in [-0.4, -0.2) is 129 Å². The second-order valence-corrected chi connectivity index (χ2v) is 15.8. The number of aryl methyl sites for hydroxylation is 1. The van der Waals surface area contributed by atoms with Crippen molar-refractivity contribution < 1.29 is 15.3 Å². The molecular formula is C40H64N6O3. The van der Waals surface area contributed by atoms with Crippen molar-refractivity contribution in [2.24, 2.45) is 0 Å².